The molecule has 144 valence electrons. The van der Waals surface area contributed by atoms with Crippen LogP contribution in [-0.2, 0) is 4.79 Å². The molecule has 0 aromatic heterocycles. The first-order valence-corrected chi connectivity index (χ1v) is 11.3. The minimum atomic E-state index is 0.224. The first-order chi connectivity index (χ1) is 12.8. The third-order valence-electron chi connectivity index (χ3n) is 8.29. The number of nitrogens with one attached hydrogen (secondary N) is 2. The summed E-state index contributed by atoms with van der Waals surface area (Å²) in [5.74, 6) is 3.50. The molecule has 4 heterocycles. The minimum absolute atomic E-state index is 0.224. The summed E-state index contributed by atoms with van der Waals surface area (Å²) < 4.78 is 0. The Morgan fingerprint density at radius 3 is 1.54 bits per heavy atom. The highest BCUT2D eigenvalue weighted by molar-refractivity contribution is 5.90. The molecule has 6 rings (SSSR count). The second kappa shape index (κ2) is 6.26. The SMILES string of the molecule is O=C(C(C1CC1)N1C[C@H]2CCN[C@H]2C1)C(C1CC1)N1C[C@H]2CCN[C@H]2C1. The van der Waals surface area contributed by atoms with Crippen molar-refractivity contribution in [3.63, 3.8) is 0 Å². The quantitative estimate of drug-likeness (QED) is 0.732. The zero-order valence-corrected chi connectivity index (χ0v) is 15.9. The Balaban J connectivity index is 1.21. The van der Waals surface area contributed by atoms with Gasteiger partial charge in [-0.25, -0.2) is 0 Å². The number of fused-ring (bicyclic) bond motifs is 2. The number of hydrogen-bond acceptors (Lipinski definition) is 5. The van der Waals surface area contributed by atoms with Gasteiger partial charge < -0.3 is 10.6 Å². The van der Waals surface area contributed by atoms with Crippen molar-refractivity contribution < 1.29 is 4.79 Å². The van der Waals surface area contributed by atoms with E-state index in [4.69, 9.17) is 0 Å². The first-order valence-electron chi connectivity index (χ1n) is 11.3. The summed E-state index contributed by atoms with van der Waals surface area (Å²) in [6, 6.07) is 1.75. The van der Waals surface area contributed by atoms with Crippen LogP contribution in [-0.4, -0.2) is 79.0 Å². The van der Waals surface area contributed by atoms with E-state index in [0.717, 1.165) is 38.0 Å². The third-order valence-corrected chi connectivity index (χ3v) is 8.29. The number of carbonyl (C=O) groups is 1. The zero-order chi connectivity index (χ0) is 17.3. The number of rotatable bonds is 6. The molecule has 2 saturated carbocycles. The van der Waals surface area contributed by atoms with Crippen LogP contribution in [0.1, 0.15) is 38.5 Å². The summed E-state index contributed by atoms with van der Waals surface area (Å²) in [6.45, 7) is 6.91. The van der Waals surface area contributed by atoms with Crippen molar-refractivity contribution in [2.24, 2.45) is 23.7 Å². The van der Waals surface area contributed by atoms with E-state index in [1.54, 1.807) is 0 Å². The molecule has 6 fully saturated rings. The van der Waals surface area contributed by atoms with Crippen LogP contribution < -0.4 is 10.6 Å². The molecule has 2 unspecified atom stereocenters. The predicted octanol–water partition coefficient (Wildman–Crippen LogP) is 0.700. The smallest absolute Gasteiger partial charge is 0.167 e. The maximum Gasteiger partial charge on any atom is 0.167 e. The Hall–Kier alpha value is -0.490. The monoisotopic (exact) mass is 358 g/mol. The molecule has 0 spiro atoms. The molecule has 5 heteroatoms. The molecule has 6 aliphatic rings. The lowest BCUT2D eigenvalue weighted by atomic mass is 9.95. The van der Waals surface area contributed by atoms with Crippen molar-refractivity contribution in [3.05, 3.63) is 0 Å². The number of nitrogens with zero attached hydrogens (tertiary/aromatic N) is 2. The van der Waals surface area contributed by atoms with Gasteiger partial charge in [0, 0.05) is 38.3 Å². The average Bonchev–Trinajstić information content (AvgIpc) is 3.41. The van der Waals surface area contributed by atoms with Gasteiger partial charge in [-0.05, 0) is 75.3 Å². The first kappa shape index (κ1) is 16.5. The molecule has 0 aromatic carbocycles. The molecule has 0 aromatic rings. The van der Waals surface area contributed by atoms with Crippen LogP contribution in [0.2, 0.25) is 0 Å². The van der Waals surface area contributed by atoms with Crippen molar-refractivity contribution in [2.75, 3.05) is 39.3 Å². The van der Waals surface area contributed by atoms with E-state index >= 15 is 0 Å². The van der Waals surface area contributed by atoms with Gasteiger partial charge in [-0.2, -0.15) is 0 Å². The van der Waals surface area contributed by atoms with Crippen LogP contribution in [0.4, 0.5) is 0 Å². The van der Waals surface area contributed by atoms with Crippen LogP contribution in [0, 0.1) is 23.7 Å². The lowest BCUT2D eigenvalue weighted by molar-refractivity contribution is -0.130. The van der Waals surface area contributed by atoms with Gasteiger partial charge in [0.1, 0.15) is 0 Å². The number of Topliss-reactive ketones (excluding diaryl/α,β-unsaturated/α-hetero) is 1. The van der Waals surface area contributed by atoms with Crippen molar-refractivity contribution in [3.8, 4) is 0 Å². The molecule has 5 nitrogen and oxygen atoms in total. The van der Waals surface area contributed by atoms with Crippen molar-refractivity contribution in [1.29, 1.82) is 0 Å². The minimum Gasteiger partial charge on any atom is -0.312 e. The van der Waals surface area contributed by atoms with Crippen LogP contribution in [0.15, 0.2) is 0 Å². The van der Waals surface area contributed by atoms with E-state index in [9.17, 15) is 4.79 Å². The number of carbonyl (C=O) groups excluding carboxylic acids is 1. The second-order valence-corrected chi connectivity index (χ2v) is 10.1. The molecule has 4 saturated heterocycles. The summed E-state index contributed by atoms with van der Waals surface area (Å²) in [5.41, 5.74) is 0. The molecular formula is C21H34N4O. The Bertz CT molecular complexity index is 502. The van der Waals surface area contributed by atoms with Gasteiger partial charge in [-0.3, -0.25) is 14.6 Å². The fraction of sp³-hybridized carbons (Fsp3) is 0.952. The largest absolute Gasteiger partial charge is 0.312 e. The molecule has 0 amide bonds. The summed E-state index contributed by atoms with van der Waals surface area (Å²) in [7, 11) is 0. The normalized spacial score (nSPS) is 42.8. The Morgan fingerprint density at radius 1 is 0.692 bits per heavy atom. The summed E-state index contributed by atoms with van der Waals surface area (Å²) in [5, 5.41) is 7.35. The van der Waals surface area contributed by atoms with Crippen LogP contribution in [0.3, 0.4) is 0 Å². The second-order valence-electron chi connectivity index (χ2n) is 10.1. The maximum atomic E-state index is 13.9. The van der Waals surface area contributed by atoms with Crippen molar-refractivity contribution in [1.82, 2.24) is 20.4 Å². The highest BCUT2D eigenvalue weighted by atomic mass is 16.1. The molecule has 2 aliphatic carbocycles. The molecule has 4 aliphatic heterocycles. The molecule has 0 bridgehead atoms. The van der Waals surface area contributed by atoms with E-state index in [1.165, 1.54) is 51.6 Å². The van der Waals surface area contributed by atoms with Gasteiger partial charge in [0.2, 0.25) is 0 Å². The van der Waals surface area contributed by atoms with Crippen LogP contribution in [0.25, 0.3) is 0 Å². The highest BCUT2D eigenvalue weighted by Gasteiger charge is 2.52. The van der Waals surface area contributed by atoms with Gasteiger partial charge in [-0.1, -0.05) is 0 Å². The van der Waals surface area contributed by atoms with Gasteiger partial charge in [0.15, 0.2) is 5.78 Å². The van der Waals surface area contributed by atoms with Gasteiger partial charge in [-0.15, -0.1) is 0 Å². The van der Waals surface area contributed by atoms with E-state index in [1.807, 2.05) is 0 Å². The van der Waals surface area contributed by atoms with E-state index in [-0.39, 0.29) is 12.1 Å². The van der Waals surface area contributed by atoms with E-state index in [0.29, 0.717) is 29.7 Å². The number of ketones is 1. The Labute approximate surface area is 157 Å². The number of likely N-dealkylation sites (tertiary alicyclic amines) is 2. The highest BCUT2D eigenvalue weighted by Crippen LogP contribution is 2.44. The molecule has 2 N–H and O–H groups in total. The summed E-state index contributed by atoms with van der Waals surface area (Å²) in [6.07, 6.45) is 7.72. The number of hydrogen-bond donors (Lipinski definition) is 2. The predicted molar refractivity (Wildman–Crippen MR) is 101 cm³/mol. The Kier molecular flexibility index (Phi) is 3.97. The van der Waals surface area contributed by atoms with Crippen LogP contribution in [0.5, 0.6) is 0 Å². The van der Waals surface area contributed by atoms with Gasteiger partial charge >= 0.3 is 0 Å². The molecule has 26 heavy (non-hydrogen) atoms. The summed E-state index contributed by atoms with van der Waals surface area (Å²) >= 11 is 0. The standard InChI is InChI=1S/C21H34N4O/c26-21(19(13-1-2-13)24-9-15-5-7-22-17(15)11-24)20(14-3-4-14)25-10-16-6-8-23-18(16)12-25/h13-20,22-23H,1-12H2/t15-,16-,17+,18+,19?,20?/m1/s1. The van der Waals surface area contributed by atoms with Crippen molar-refractivity contribution >= 4 is 5.78 Å². The molecular weight excluding hydrogens is 324 g/mol. The van der Waals surface area contributed by atoms with Crippen LogP contribution >= 0.6 is 0 Å². The zero-order valence-electron chi connectivity index (χ0n) is 15.9. The lowest BCUT2D eigenvalue weighted by Crippen LogP contribution is -2.53. The van der Waals surface area contributed by atoms with Crippen molar-refractivity contribution in [2.45, 2.75) is 62.7 Å². The maximum absolute atomic E-state index is 13.9. The Morgan fingerprint density at radius 2 is 1.15 bits per heavy atom. The van der Waals surface area contributed by atoms with Gasteiger partial charge in [0.25, 0.3) is 0 Å². The third kappa shape index (κ3) is 2.78. The fourth-order valence-electron chi connectivity index (χ4n) is 6.64. The summed E-state index contributed by atoms with van der Waals surface area (Å²) in [4.78, 5) is 19.1. The molecule has 0 radical (unpaired) electrons. The topological polar surface area (TPSA) is 47.6 Å². The average molecular weight is 359 g/mol. The van der Waals surface area contributed by atoms with E-state index in [2.05, 4.69) is 20.4 Å². The fourth-order valence-corrected chi connectivity index (χ4v) is 6.64. The van der Waals surface area contributed by atoms with E-state index < -0.39 is 0 Å². The molecule has 6 atom stereocenters. The van der Waals surface area contributed by atoms with Gasteiger partial charge in [0.05, 0.1) is 12.1 Å². The lowest BCUT2D eigenvalue weighted by Gasteiger charge is -2.35.